The normalized spacial score (nSPS) is 21.2. The lowest BCUT2D eigenvalue weighted by Crippen LogP contribution is -2.25. The highest BCUT2D eigenvalue weighted by Crippen LogP contribution is 2.28. The van der Waals surface area contributed by atoms with E-state index in [1.807, 2.05) is 18.2 Å². The maximum Gasteiger partial charge on any atom is 0.229 e. The largest absolute Gasteiger partial charge is 0.493 e. The summed E-state index contributed by atoms with van der Waals surface area (Å²) in [6.07, 6.45) is 1.18. The van der Waals surface area contributed by atoms with Gasteiger partial charge < -0.3 is 15.0 Å². The van der Waals surface area contributed by atoms with Gasteiger partial charge in [-0.15, -0.1) is 0 Å². The van der Waals surface area contributed by atoms with Crippen LogP contribution in [-0.2, 0) is 16.0 Å². The van der Waals surface area contributed by atoms with E-state index in [9.17, 15) is 9.59 Å². The van der Waals surface area contributed by atoms with Crippen molar-refractivity contribution in [2.75, 3.05) is 25.5 Å². The monoisotopic (exact) mass is 260 g/mol. The molecule has 1 aromatic rings. The second-order valence-corrected chi connectivity index (χ2v) is 5.09. The Morgan fingerprint density at radius 3 is 3.05 bits per heavy atom. The number of hydrogen-bond acceptors (Lipinski definition) is 3. The molecule has 2 aliphatic heterocycles. The minimum Gasteiger partial charge on any atom is -0.493 e. The lowest BCUT2D eigenvalue weighted by atomic mass is 10.1. The summed E-state index contributed by atoms with van der Waals surface area (Å²) >= 11 is 0. The lowest BCUT2D eigenvalue weighted by molar-refractivity contribution is -0.127. The molecule has 0 radical (unpaired) electrons. The topological polar surface area (TPSA) is 58.6 Å². The van der Waals surface area contributed by atoms with Gasteiger partial charge in [-0.1, -0.05) is 0 Å². The molecule has 0 saturated carbocycles. The summed E-state index contributed by atoms with van der Waals surface area (Å²) in [4.78, 5) is 25.1. The van der Waals surface area contributed by atoms with Crippen LogP contribution in [0.1, 0.15) is 12.0 Å². The van der Waals surface area contributed by atoms with Crippen LogP contribution in [0.2, 0.25) is 0 Å². The van der Waals surface area contributed by atoms with E-state index >= 15 is 0 Å². The van der Waals surface area contributed by atoms with Crippen molar-refractivity contribution in [3.05, 3.63) is 23.8 Å². The molecule has 1 fully saturated rings. The number of amides is 2. The summed E-state index contributed by atoms with van der Waals surface area (Å²) in [5.74, 6) is 0.592. The number of fused-ring (bicyclic) bond motifs is 1. The predicted molar refractivity (Wildman–Crippen MR) is 70.0 cm³/mol. The van der Waals surface area contributed by atoms with E-state index in [1.54, 1.807) is 11.9 Å². The molecule has 2 amide bonds. The van der Waals surface area contributed by atoms with E-state index in [2.05, 4.69) is 5.32 Å². The predicted octanol–water partition coefficient (Wildman–Crippen LogP) is 1.04. The van der Waals surface area contributed by atoms with E-state index in [4.69, 9.17) is 4.74 Å². The third kappa shape index (κ3) is 2.28. The van der Waals surface area contributed by atoms with E-state index in [-0.39, 0.29) is 17.7 Å². The first-order valence-electron chi connectivity index (χ1n) is 6.44. The highest BCUT2D eigenvalue weighted by atomic mass is 16.5. The van der Waals surface area contributed by atoms with Gasteiger partial charge in [-0.3, -0.25) is 9.59 Å². The van der Waals surface area contributed by atoms with Gasteiger partial charge in [0.15, 0.2) is 0 Å². The molecule has 1 N–H and O–H groups in total. The first-order chi connectivity index (χ1) is 9.13. The second kappa shape index (κ2) is 4.57. The molecular formula is C14H16N2O3. The number of carbonyl (C=O) groups excluding carboxylic acids is 2. The van der Waals surface area contributed by atoms with Gasteiger partial charge in [0.1, 0.15) is 5.75 Å². The van der Waals surface area contributed by atoms with Gasteiger partial charge in [-0.2, -0.15) is 0 Å². The van der Waals surface area contributed by atoms with E-state index < -0.39 is 0 Å². The summed E-state index contributed by atoms with van der Waals surface area (Å²) in [5.41, 5.74) is 1.90. The summed E-state index contributed by atoms with van der Waals surface area (Å²) in [7, 11) is 1.72. The number of anilines is 1. The Bertz CT molecular complexity index is 541. The van der Waals surface area contributed by atoms with E-state index in [1.165, 1.54) is 0 Å². The number of hydrogen-bond donors (Lipinski definition) is 1. The van der Waals surface area contributed by atoms with Crippen LogP contribution in [0.15, 0.2) is 18.2 Å². The Morgan fingerprint density at radius 1 is 1.47 bits per heavy atom. The molecule has 0 bridgehead atoms. The maximum absolute atomic E-state index is 12.1. The Hall–Kier alpha value is -2.04. The third-order valence-corrected chi connectivity index (χ3v) is 3.67. The summed E-state index contributed by atoms with van der Waals surface area (Å²) in [5, 5.41) is 2.88. The smallest absolute Gasteiger partial charge is 0.229 e. The zero-order chi connectivity index (χ0) is 13.4. The minimum atomic E-state index is -0.248. The molecule has 5 heteroatoms. The van der Waals surface area contributed by atoms with Crippen LogP contribution in [0, 0.1) is 5.92 Å². The van der Waals surface area contributed by atoms with Gasteiger partial charge in [0.05, 0.1) is 12.5 Å². The van der Waals surface area contributed by atoms with Crippen LogP contribution in [0.5, 0.6) is 5.75 Å². The molecule has 0 spiro atoms. The third-order valence-electron chi connectivity index (χ3n) is 3.67. The van der Waals surface area contributed by atoms with Gasteiger partial charge in [0.2, 0.25) is 11.8 Å². The van der Waals surface area contributed by atoms with Gasteiger partial charge in [-0.25, -0.2) is 0 Å². The van der Waals surface area contributed by atoms with Crippen molar-refractivity contribution in [1.29, 1.82) is 0 Å². The Balaban J connectivity index is 1.68. The molecule has 5 nitrogen and oxygen atoms in total. The Labute approximate surface area is 111 Å². The molecule has 1 saturated heterocycles. The zero-order valence-corrected chi connectivity index (χ0v) is 10.8. The van der Waals surface area contributed by atoms with Crippen LogP contribution >= 0.6 is 0 Å². The average molecular weight is 260 g/mol. The quantitative estimate of drug-likeness (QED) is 0.864. The molecule has 0 aromatic heterocycles. The van der Waals surface area contributed by atoms with Crippen molar-refractivity contribution in [3.63, 3.8) is 0 Å². The zero-order valence-electron chi connectivity index (χ0n) is 10.8. The number of nitrogens with zero attached hydrogens (tertiary/aromatic N) is 1. The molecule has 3 rings (SSSR count). The molecule has 1 atom stereocenters. The summed E-state index contributed by atoms with van der Waals surface area (Å²) < 4.78 is 5.42. The fourth-order valence-corrected chi connectivity index (χ4v) is 2.55. The number of benzene rings is 1. The van der Waals surface area contributed by atoms with Crippen molar-refractivity contribution in [3.8, 4) is 5.75 Å². The van der Waals surface area contributed by atoms with Crippen LogP contribution in [-0.4, -0.2) is 36.9 Å². The first kappa shape index (κ1) is 12.0. The van der Waals surface area contributed by atoms with Gasteiger partial charge in [0.25, 0.3) is 0 Å². The number of carbonyl (C=O) groups is 2. The lowest BCUT2D eigenvalue weighted by Gasteiger charge is -2.11. The van der Waals surface area contributed by atoms with Gasteiger partial charge in [-0.05, 0) is 23.8 Å². The molecule has 100 valence electrons. The molecule has 0 aliphatic carbocycles. The van der Waals surface area contributed by atoms with Gasteiger partial charge in [0, 0.05) is 32.1 Å². The fraction of sp³-hybridized carbons (Fsp3) is 0.429. The molecule has 2 aliphatic rings. The fourth-order valence-electron chi connectivity index (χ4n) is 2.55. The second-order valence-electron chi connectivity index (χ2n) is 5.09. The first-order valence-corrected chi connectivity index (χ1v) is 6.44. The number of rotatable bonds is 2. The molecular weight excluding hydrogens is 244 g/mol. The van der Waals surface area contributed by atoms with Crippen molar-refractivity contribution in [1.82, 2.24) is 4.90 Å². The maximum atomic E-state index is 12.1. The summed E-state index contributed by atoms with van der Waals surface area (Å²) in [6.45, 7) is 1.20. The van der Waals surface area contributed by atoms with E-state index in [0.29, 0.717) is 19.6 Å². The van der Waals surface area contributed by atoms with Crippen molar-refractivity contribution < 1.29 is 14.3 Å². The van der Waals surface area contributed by atoms with Crippen LogP contribution in [0.25, 0.3) is 0 Å². The van der Waals surface area contributed by atoms with Crippen molar-refractivity contribution in [2.24, 2.45) is 5.92 Å². The number of likely N-dealkylation sites (tertiary alicyclic amines) is 1. The van der Waals surface area contributed by atoms with Crippen LogP contribution in [0.3, 0.4) is 0 Å². The number of ether oxygens (including phenoxy) is 1. The van der Waals surface area contributed by atoms with Crippen LogP contribution < -0.4 is 10.1 Å². The van der Waals surface area contributed by atoms with Gasteiger partial charge >= 0.3 is 0 Å². The van der Waals surface area contributed by atoms with E-state index in [0.717, 1.165) is 23.4 Å². The van der Waals surface area contributed by atoms with Crippen molar-refractivity contribution >= 4 is 17.5 Å². The SMILES string of the molecule is CN1C[C@H](C(=O)Nc2ccc3c(c2)CCO3)CC1=O. The molecule has 19 heavy (non-hydrogen) atoms. The molecule has 1 aromatic carbocycles. The standard InChI is InChI=1S/C14H16N2O3/c1-16-8-10(7-13(16)17)14(18)15-11-2-3-12-9(6-11)4-5-19-12/h2-3,6,10H,4-5,7-8H2,1H3,(H,15,18)/t10-/m1/s1. The van der Waals surface area contributed by atoms with Crippen LogP contribution in [0.4, 0.5) is 5.69 Å². The molecule has 2 heterocycles. The highest BCUT2D eigenvalue weighted by Gasteiger charge is 2.32. The molecule has 0 unspecified atom stereocenters. The Kier molecular flexibility index (Phi) is 2.89. The van der Waals surface area contributed by atoms with Crippen molar-refractivity contribution in [2.45, 2.75) is 12.8 Å². The highest BCUT2D eigenvalue weighted by molar-refractivity contribution is 5.97. The Morgan fingerprint density at radius 2 is 2.32 bits per heavy atom. The summed E-state index contributed by atoms with van der Waals surface area (Å²) in [6, 6.07) is 5.66. The average Bonchev–Trinajstić information content (AvgIpc) is 2.96. The minimum absolute atomic E-state index is 0.0301. The number of nitrogens with one attached hydrogen (secondary N) is 1.